The molecular formula is C27H32N4O4. The number of esters is 1. The molecule has 35 heavy (non-hydrogen) atoms. The highest BCUT2D eigenvalue weighted by atomic mass is 16.5. The molecule has 0 unspecified atom stereocenters. The molecule has 0 aliphatic heterocycles. The summed E-state index contributed by atoms with van der Waals surface area (Å²) in [6, 6.07) is 17.2. The Bertz CT molecular complexity index is 1110. The van der Waals surface area contributed by atoms with E-state index in [-0.39, 0.29) is 30.4 Å². The van der Waals surface area contributed by atoms with Crippen molar-refractivity contribution < 1.29 is 19.1 Å². The molecule has 0 saturated heterocycles. The lowest BCUT2D eigenvalue weighted by Gasteiger charge is -2.25. The van der Waals surface area contributed by atoms with Crippen molar-refractivity contribution in [3.63, 3.8) is 0 Å². The molecule has 8 nitrogen and oxygen atoms in total. The van der Waals surface area contributed by atoms with Gasteiger partial charge in [0, 0.05) is 6.92 Å². The summed E-state index contributed by atoms with van der Waals surface area (Å²) in [4.78, 5) is 24.2. The molecule has 1 N–H and O–H groups in total. The molecule has 8 heteroatoms. The largest absolute Gasteiger partial charge is 0.493 e. The molecule has 1 amide bonds. The lowest BCUT2D eigenvalue weighted by Crippen LogP contribution is -2.34. The number of hydrogen-bond acceptors (Lipinski definition) is 6. The Kier molecular flexibility index (Phi) is 8.13. The number of carbonyl (C=O) groups excluding carboxylic acids is 2. The average molecular weight is 477 g/mol. The van der Waals surface area contributed by atoms with Crippen LogP contribution >= 0.6 is 0 Å². The normalized spacial score (nSPS) is 15.0. The summed E-state index contributed by atoms with van der Waals surface area (Å²) in [7, 11) is 0. The van der Waals surface area contributed by atoms with Crippen molar-refractivity contribution in [3.05, 3.63) is 77.6 Å². The lowest BCUT2D eigenvalue weighted by molar-refractivity contribution is -0.142. The Labute approximate surface area is 205 Å². The zero-order valence-electron chi connectivity index (χ0n) is 20.2. The van der Waals surface area contributed by atoms with E-state index in [1.807, 2.05) is 61.5 Å². The van der Waals surface area contributed by atoms with Crippen LogP contribution in [-0.4, -0.2) is 33.5 Å². The average Bonchev–Trinajstić information content (AvgIpc) is 3.29. The fourth-order valence-electron chi connectivity index (χ4n) is 3.95. The molecule has 0 bridgehead atoms. The molecule has 2 atom stereocenters. The molecule has 1 aliphatic rings. The molecule has 4 rings (SSSR count). The number of amides is 1. The van der Waals surface area contributed by atoms with Gasteiger partial charge in [-0.15, -0.1) is 5.10 Å². The fourth-order valence-corrected chi connectivity index (χ4v) is 3.95. The van der Waals surface area contributed by atoms with Crippen LogP contribution in [0.25, 0.3) is 0 Å². The van der Waals surface area contributed by atoms with Gasteiger partial charge in [-0.2, -0.15) is 0 Å². The van der Waals surface area contributed by atoms with Crippen LogP contribution in [0.4, 0.5) is 0 Å². The van der Waals surface area contributed by atoms with E-state index in [9.17, 15) is 9.59 Å². The lowest BCUT2D eigenvalue weighted by atomic mass is 9.86. The van der Waals surface area contributed by atoms with Crippen LogP contribution in [0.5, 0.6) is 5.75 Å². The van der Waals surface area contributed by atoms with E-state index in [0.29, 0.717) is 18.2 Å². The molecular weight excluding hydrogens is 444 g/mol. The van der Waals surface area contributed by atoms with Gasteiger partial charge in [0.05, 0.1) is 31.3 Å². The second-order valence-electron chi connectivity index (χ2n) is 9.08. The Morgan fingerprint density at radius 1 is 1.09 bits per heavy atom. The molecule has 184 valence electrons. The minimum absolute atomic E-state index is 0.0600. The van der Waals surface area contributed by atoms with Gasteiger partial charge in [-0.3, -0.25) is 9.59 Å². The van der Waals surface area contributed by atoms with Gasteiger partial charge in [0.1, 0.15) is 18.1 Å². The minimum atomic E-state index is -0.376. The van der Waals surface area contributed by atoms with E-state index in [1.54, 1.807) is 10.9 Å². The summed E-state index contributed by atoms with van der Waals surface area (Å²) >= 11 is 0. The van der Waals surface area contributed by atoms with E-state index in [1.165, 1.54) is 26.2 Å². The minimum Gasteiger partial charge on any atom is -0.493 e. The van der Waals surface area contributed by atoms with Crippen LogP contribution in [0.2, 0.25) is 0 Å². The predicted octanol–water partition coefficient (Wildman–Crippen LogP) is 4.18. The molecule has 1 heterocycles. The second-order valence-corrected chi connectivity index (χ2v) is 9.08. The topological polar surface area (TPSA) is 95.3 Å². The maximum Gasteiger partial charge on any atom is 0.303 e. The van der Waals surface area contributed by atoms with Crippen LogP contribution in [0, 0.1) is 5.92 Å². The van der Waals surface area contributed by atoms with Crippen LogP contribution in [-0.2, 0) is 27.5 Å². The van der Waals surface area contributed by atoms with E-state index < -0.39 is 0 Å². The second kappa shape index (κ2) is 11.6. The smallest absolute Gasteiger partial charge is 0.303 e. The fraction of sp³-hybridized carbons (Fsp3) is 0.407. The van der Waals surface area contributed by atoms with E-state index in [4.69, 9.17) is 9.47 Å². The Hall–Kier alpha value is -3.68. The number of carbonyl (C=O) groups is 2. The van der Waals surface area contributed by atoms with Crippen molar-refractivity contribution in [2.75, 3.05) is 6.61 Å². The van der Waals surface area contributed by atoms with Crippen molar-refractivity contribution in [3.8, 4) is 5.75 Å². The maximum atomic E-state index is 13.1. The highest BCUT2D eigenvalue weighted by molar-refractivity contribution is 5.83. The van der Waals surface area contributed by atoms with Gasteiger partial charge >= 0.3 is 5.97 Å². The van der Waals surface area contributed by atoms with Crippen LogP contribution < -0.4 is 10.1 Å². The zero-order chi connectivity index (χ0) is 24.6. The van der Waals surface area contributed by atoms with Gasteiger partial charge in [0.15, 0.2) is 0 Å². The van der Waals surface area contributed by atoms with Crippen molar-refractivity contribution in [2.45, 2.75) is 58.2 Å². The molecule has 1 saturated carbocycles. The summed E-state index contributed by atoms with van der Waals surface area (Å²) in [5.41, 5.74) is 2.43. The van der Waals surface area contributed by atoms with Crippen molar-refractivity contribution in [2.24, 2.45) is 5.92 Å². The number of nitrogens with one attached hydrogen (secondary N) is 1. The molecule has 2 aromatic carbocycles. The van der Waals surface area contributed by atoms with Crippen molar-refractivity contribution in [1.82, 2.24) is 20.3 Å². The van der Waals surface area contributed by atoms with Crippen molar-refractivity contribution in [1.29, 1.82) is 0 Å². The quantitative estimate of drug-likeness (QED) is 0.417. The van der Waals surface area contributed by atoms with Crippen LogP contribution in [0.1, 0.15) is 61.9 Å². The van der Waals surface area contributed by atoms with Crippen LogP contribution in [0.3, 0.4) is 0 Å². The molecule has 1 aromatic heterocycles. The van der Waals surface area contributed by atoms with Crippen molar-refractivity contribution >= 4 is 11.9 Å². The molecule has 1 aliphatic carbocycles. The first-order chi connectivity index (χ1) is 17.0. The molecule has 0 radical (unpaired) electrons. The number of nitrogens with zero attached hydrogens (tertiary/aromatic N) is 3. The molecule has 0 spiro atoms. The highest BCUT2D eigenvalue weighted by Crippen LogP contribution is 2.28. The standard InChI is InChI=1S/C27H32N4O4/c1-19(22-9-4-3-5-10-22)27(33)28-26(16-31-15-24(29-30-31)18-34-20(2)32)23-11-13-25(14-12-23)35-17-21-7-6-8-21/h3-5,9-15,19,21,26H,6-8,16-18H2,1-2H3,(H,28,33)/t19-,26-/m0/s1. The Balaban J connectivity index is 1.47. The Morgan fingerprint density at radius 3 is 2.49 bits per heavy atom. The van der Waals surface area contributed by atoms with Crippen LogP contribution in [0.15, 0.2) is 60.8 Å². The van der Waals surface area contributed by atoms with E-state index >= 15 is 0 Å². The SMILES string of the molecule is CC(=O)OCc1cn(C[C@H](NC(=O)[C@@H](C)c2ccccc2)c2ccc(OCC3CCC3)cc2)nn1. The first-order valence-corrected chi connectivity index (χ1v) is 12.1. The van der Waals surface area contributed by atoms with Gasteiger partial charge in [0.25, 0.3) is 0 Å². The van der Waals surface area contributed by atoms with Gasteiger partial charge < -0.3 is 14.8 Å². The summed E-state index contributed by atoms with van der Waals surface area (Å²) in [5, 5.41) is 11.4. The number of rotatable bonds is 11. The number of ether oxygens (including phenoxy) is 2. The van der Waals surface area contributed by atoms with Gasteiger partial charge in [-0.1, -0.05) is 54.1 Å². The highest BCUT2D eigenvalue weighted by Gasteiger charge is 2.22. The monoisotopic (exact) mass is 476 g/mol. The third-order valence-electron chi connectivity index (χ3n) is 6.38. The first kappa shape index (κ1) is 24.4. The predicted molar refractivity (Wildman–Crippen MR) is 131 cm³/mol. The third kappa shape index (κ3) is 6.91. The molecule has 3 aromatic rings. The molecule has 1 fully saturated rings. The summed E-state index contributed by atoms with van der Waals surface area (Å²) in [6.07, 6.45) is 5.49. The summed E-state index contributed by atoms with van der Waals surface area (Å²) in [6.45, 7) is 4.43. The van der Waals surface area contributed by atoms with Gasteiger partial charge in [0.2, 0.25) is 5.91 Å². The maximum absolute atomic E-state index is 13.1. The van der Waals surface area contributed by atoms with Gasteiger partial charge in [-0.05, 0) is 48.9 Å². The number of hydrogen-bond donors (Lipinski definition) is 1. The number of aromatic nitrogens is 3. The Morgan fingerprint density at radius 2 is 1.83 bits per heavy atom. The van der Waals surface area contributed by atoms with Gasteiger partial charge in [-0.25, -0.2) is 4.68 Å². The first-order valence-electron chi connectivity index (χ1n) is 12.1. The third-order valence-corrected chi connectivity index (χ3v) is 6.38. The van der Waals surface area contributed by atoms with E-state index in [0.717, 1.165) is 23.5 Å². The van der Waals surface area contributed by atoms with E-state index in [2.05, 4.69) is 15.6 Å². The number of benzene rings is 2. The zero-order valence-corrected chi connectivity index (χ0v) is 20.2. The summed E-state index contributed by atoms with van der Waals surface area (Å²) in [5.74, 6) is 0.729. The summed E-state index contributed by atoms with van der Waals surface area (Å²) < 4.78 is 12.6.